The third-order valence-electron chi connectivity index (χ3n) is 1.45. The minimum Gasteiger partial charge on any atom is -0.157 e. The minimum absolute atomic E-state index is 0.729. The Kier molecular flexibility index (Phi) is 5.51. The lowest BCUT2D eigenvalue weighted by atomic mass is 9.64. The molecule has 0 aromatic heterocycles. The van der Waals surface area contributed by atoms with E-state index in [4.69, 9.17) is 0 Å². The topological polar surface area (TPSA) is 0 Å². The van der Waals surface area contributed by atoms with E-state index in [0.717, 1.165) is 17.4 Å². The largest absolute Gasteiger partial charge is 0.223 e. The van der Waals surface area contributed by atoms with E-state index in [1.807, 2.05) is 0 Å². The number of hydrogen-bond donors (Lipinski definition) is 0. The van der Waals surface area contributed by atoms with Crippen molar-refractivity contribution < 1.29 is 0 Å². The Morgan fingerprint density at radius 1 is 1.00 bits per heavy atom. The van der Waals surface area contributed by atoms with E-state index in [1.54, 1.807) is 0 Å². The van der Waals surface area contributed by atoms with Crippen LogP contribution in [0.1, 0.15) is 27.7 Å². The van der Waals surface area contributed by atoms with E-state index in [9.17, 15) is 0 Å². The lowest BCUT2D eigenvalue weighted by Gasteiger charge is -2.10. The van der Waals surface area contributed by atoms with Crippen LogP contribution in [0.5, 0.6) is 0 Å². The van der Waals surface area contributed by atoms with Gasteiger partial charge in [0.05, 0.1) is 0 Å². The van der Waals surface area contributed by atoms with Gasteiger partial charge in [0.1, 0.15) is 0 Å². The maximum absolute atomic E-state index is 3.68. The van der Waals surface area contributed by atoms with Crippen LogP contribution in [0.4, 0.5) is 0 Å². The molecule has 10 heavy (non-hydrogen) atoms. The highest BCUT2D eigenvalue weighted by molar-refractivity contribution is 9.24. The van der Waals surface area contributed by atoms with E-state index in [0.29, 0.717) is 0 Å². The standard InChI is InChI=1S/C8H18BBr/c1-7(2)5-9(10)6-8(3)4/h7-8H,5-6H2,1-4H3. The van der Waals surface area contributed by atoms with Gasteiger partial charge < -0.3 is 0 Å². The Hall–Kier alpha value is 0.545. The molecular weight excluding hydrogens is 187 g/mol. The monoisotopic (exact) mass is 204 g/mol. The molecule has 0 nitrogen and oxygen atoms in total. The fourth-order valence-corrected chi connectivity index (χ4v) is 2.61. The third-order valence-corrected chi connectivity index (χ3v) is 2.20. The van der Waals surface area contributed by atoms with Crippen LogP contribution in [-0.4, -0.2) is 5.54 Å². The second-order valence-electron chi connectivity index (χ2n) is 3.86. The molecule has 0 spiro atoms. The number of hydrogen-bond acceptors (Lipinski definition) is 0. The Bertz CT molecular complexity index is 71.3. The first kappa shape index (κ1) is 10.5. The average Bonchev–Trinajstić information content (AvgIpc) is 1.58. The SMILES string of the molecule is CC(C)CB(Br)CC(C)C. The van der Waals surface area contributed by atoms with Gasteiger partial charge >= 0.3 is 0 Å². The molecular formula is C8H18BBr. The molecule has 0 unspecified atom stereocenters. The summed E-state index contributed by atoms with van der Waals surface area (Å²) in [4.78, 5) is 0. The van der Waals surface area contributed by atoms with Crippen LogP contribution in [0, 0.1) is 11.8 Å². The molecule has 0 saturated carbocycles. The molecule has 0 fully saturated rings. The van der Waals surface area contributed by atoms with Crippen molar-refractivity contribution in [3.8, 4) is 0 Å². The van der Waals surface area contributed by atoms with Gasteiger partial charge in [0, 0.05) is 0 Å². The van der Waals surface area contributed by atoms with Gasteiger partial charge in [-0.1, -0.05) is 52.2 Å². The van der Waals surface area contributed by atoms with E-state index < -0.39 is 0 Å². The van der Waals surface area contributed by atoms with Gasteiger partial charge in [0.2, 0.25) is 5.54 Å². The molecule has 0 atom stereocenters. The lowest BCUT2D eigenvalue weighted by Crippen LogP contribution is -2.09. The van der Waals surface area contributed by atoms with Crippen molar-refractivity contribution in [3.63, 3.8) is 0 Å². The zero-order chi connectivity index (χ0) is 8.15. The van der Waals surface area contributed by atoms with Gasteiger partial charge in [-0.3, -0.25) is 0 Å². The zero-order valence-electron chi connectivity index (χ0n) is 7.52. The fourth-order valence-electron chi connectivity index (χ4n) is 1.12. The molecule has 0 aliphatic carbocycles. The molecule has 0 saturated heterocycles. The van der Waals surface area contributed by atoms with Gasteiger partial charge in [-0.05, 0) is 0 Å². The van der Waals surface area contributed by atoms with Crippen molar-refractivity contribution in [2.75, 3.05) is 0 Å². The van der Waals surface area contributed by atoms with E-state index in [-0.39, 0.29) is 0 Å². The Labute approximate surface area is 73.8 Å². The van der Waals surface area contributed by atoms with Crippen molar-refractivity contribution >= 4 is 21.3 Å². The first-order valence-corrected chi connectivity index (χ1v) is 5.08. The predicted molar refractivity (Wildman–Crippen MR) is 54.0 cm³/mol. The van der Waals surface area contributed by atoms with E-state index >= 15 is 0 Å². The quantitative estimate of drug-likeness (QED) is 0.614. The Balaban J connectivity index is 3.34. The average molecular weight is 205 g/mol. The van der Waals surface area contributed by atoms with E-state index in [1.165, 1.54) is 12.6 Å². The van der Waals surface area contributed by atoms with Crippen LogP contribution in [0.3, 0.4) is 0 Å². The van der Waals surface area contributed by atoms with Crippen molar-refractivity contribution in [3.05, 3.63) is 0 Å². The predicted octanol–water partition coefficient (Wildman–Crippen LogP) is 3.68. The molecule has 0 radical (unpaired) electrons. The zero-order valence-corrected chi connectivity index (χ0v) is 9.11. The first-order valence-electron chi connectivity index (χ1n) is 4.16. The van der Waals surface area contributed by atoms with Crippen LogP contribution >= 0.6 is 15.8 Å². The number of rotatable bonds is 4. The Morgan fingerprint density at radius 3 is 1.50 bits per heavy atom. The summed E-state index contributed by atoms with van der Waals surface area (Å²) in [6, 6.07) is 0. The highest BCUT2D eigenvalue weighted by atomic mass is 79.9. The summed E-state index contributed by atoms with van der Waals surface area (Å²) in [6.07, 6.45) is 2.61. The molecule has 0 bridgehead atoms. The molecule has 60 valence electrons. The second-order valence-corrected chi connectivity index (χ2v) is 5.15. The van der Waals surface area contributed by atoms with Gasteiger partial charge in [0.15, 0.2) is 0 Å². The van der Waals surface area contributed by atoms with Crippen LogP contribution in [0.25, 0.3) is 0 Å². The third kappa shape index (κ3) is 6.66. The summed E-state index contributed by atoms with van der Waals surface area (Å²) in [5.41, 5.74) is 0.729. The molecule has 0 amide bonds. The summed E-state index contributed by atoms with van der Waals surface area (Å²) >= 11 is 3.68. The molecule has 0 aromatic carbocycles. The normalized spacial score (nSPS) is 11.1. The summed E-state index contributed by atoms with van der Waals surface area (Å²) in [5, 5.41) is 0. The van der Waals surface area contributed by atoms with Crippen LogP contribution in [-0.2, 0) is 0 Å². The minimum atomic E-state index is 0.729. The van der Waals surface area contributed by atoms with Crippen LogP contribution in [0.2, 0.25) is 12.6 Å². The molecule has 0 N–H and O–H groups in total. The highest BCUT2D eigenvalue weighted by Crippen LogP contribution is 2.18. The summed E-state index contributed by atoms with van der Waals surface area (Å²) < 4.78 is 0. The fraction of sp³-hybridized carbons (Fsp3) is 1.00. The lowest BCUT2D eigenvalue weighted by molar-refractivity contribution is 0.698. The maximum Gasteiger partial charge on any atom is 0.223 e. The molecule has 0 aromatic rings. The molecule has 0 rings (SSSR count). The maximum atomic E-state index is 3.68. The van der Waals surface area contributed by atoms with Crippen molar-refractivity contribution in [1.29, 1.82) is 0 Å². The van der Waals surface area contributed by atoms with Crippen molar-refractivity contribution in [2.24, 2.45) is 11.8 Å². The Morgan fingerprint density at radius 2 is 1.30 bits per heavy atom. The molecule has 2 heteroatoms. The molecule has 0 heterocycles. The van der Waals surface area contributed by atoms with Crippen molar-refractivity contribution in [1.82, 2.24) is 0 Å². The smallest absolute Gasteiger partial charge is 0.157 e. The van der Waals surface area contributed by atoms with E-state index in [2.05, 4.69) is 43.5 Å². The molecule has 0 aliphatic heterocycles. The highest BCUT2D eigenvalue weighted by Gasteiger charge is 2.12. The van der Waals surface area contributed by atoms with Crippen LogP contribution < -0.4 is 0 Å². The van der Waals surface area contributed by atoms with Gasteiger partial charge in [0.25, 0.3) is 0 Å². The van der Waals surface area contributed by atoms with Gasteiger partial charge in [-0.15, -0.1) is 0 Å². The van der Waals surface area contributed by atoms with Gasteiger partial charge in [-0.2, -0.15) is 15.8 Å². The number of halogens is 1. The molecule has 0 aliphatic rings. The van der Waals surface area contributed by atoms with Crippen molar-refractivity contribution in [2.45, 2.75) is 40.3 Å². The van der Waals surface area contributed by atoms with Crippen LogP contribution in [0.15, 0.2) is 0 Å². The van der Waals surface area contributed by atoms with Gasteiger partial charge in [-0.25, -0.2) is 0 Å². The second kappa shape index (κ2) is 5.23. The summed E-state index contributed by atoms with van der Waals surface area (Å²) in [7, 11) is 0. The summed E-state index contributed by atoms with van der Waals surface area (Å²) in [5.74, 6) is 1.64. The first-order chi connectivity index (χ1) is 4.52. The summed E-state index contributed by atoms with van der Waals surface area (Å²) in [6.45, 7) is 9.09.